The topological polar surface area (TPSA) is 26.3 Å². The van der Waals surface area contributed by atoms with Gasteiger partial charge in [-0.2, -0.15) is 0 Å². The lowest BCUT2D eigenvalue weighted by Gasteiger charge is -2.37. The van der Waals surface area contributed by atoms with Crippen LogP contribution in [0.4, 0.5) is 0 Å². The summed E-state index contributed by atoms with van der Waals surface area (Å²) in [4.78, 5) is 11.9. The Morgan fingerprint density at radius 2 is 1.57 bits per heavy atom. The lowest BCUT2D eigenvalue weighted by Crippen LogP contribution is -2.37. The maximum atomic E-state index is 11.9. The van der Waals surface area contributed by atoms with Crippen LogP contribution in [0.5, 0.6) is 0 Å². The van der Waals surface area contributed by atoms with Crippen LogP contribution in [0.1, 0.15) is 97.3 Å². The molecule has 0 aromatic carbocycles. The van der Waals surface area contributed by atoms with E-state index in [2.05, 4.69) is 13.5 Å². The summed E-state index contributed by atoms with van der Waals surface area (Å²) in [7, 11) is 0. The monoisotopic (exact) mass is 294 g/mol. The third-order valence-electron chi connectivity index (χ3n) is 4.66. The molecular formula is C19H34O2. The zero-order valence-corrected chi connectivity index (χ0v) is 14.2. The summed E-state index contributed by atoms with van der Waals surface area (Å²) in [6, 6.07) is 0. The fraction of sp³-hybridized carbons (Fsp3) is 0.842. The average molecular weight is 294 g/mol. The van der Waals surface area contributed by atoms with E-state index >= 15 is 0 Å². The van der Waals surface area contributed by atoms with E-state index in [-0.39, 0.29) is 11.6 Å². The Hall–Kier alpha value is -0.790. The zero-order chi connectivity index (χ0) is 15.6. The summed E-state index contributed by atoms with van der Waals surface area (Å²) in [6.07, 6.45) is 16.0. The Morgan fingerprint density at radius 1 is 1.00 bits per heavy atom. The Labute approximate surface area is 131 Å². The van der Waals surface area contributed by atoms with E-state index in [1.165, 1.54) is 64.2 Å². The number of carbonyl (C=O) groups excluding carboxylic acids is 1. The van der Waals surface area contributed by atoms with E-state index in [9.17, 15) is 4.79 Å². The highest BCUT2D eigenvalue weighted by molar-refractivity contribution is 5.87. The summed E-state index contributed by atoms with van der Waals surface area (Å²) in [5.74, 6) is -0.195. The van der Waals surface area contributed by atoms with Gasteiger partial charge in [0.2, 0.25) is 0 Å². The smallest absolute Gasteiger partial charge is 0.333 e. The van der Waals surface area contributed by atoms with E-state index in [0.29, 0.717) is 5.57 Å². The summed E-state index contributed by atoms with van der Waals surface area (Å²) in [5.41, 5.74) is 0.344. The van der Waals surface area contributed by atoms with E-state index in [1.54, 1.807) is 6.92 Å². The maximum absolute atomic E-state index is 11.9. The molecule has 0 amide bonds. The van der Waals surface area contributed by atoms with Crippen LogP contribution in [0.25, 0.3) is 0 Å². The van der Waals surface area contributed by atoms with Crippen molar-refractivity contribution in [2.24, 2.45) is 0 Å². The quantitative estimate of drug-likeness (QED) is 0.283. The minimum atomic E-state index is -0.195. The molecule has 0 aromatic heterocycles. The van der Waals surface area contributed by atoms with Crippen LogP contribution in [0.15, 0.2) is 12.2 Å². The van der Waals surface area contributed by atoms with Gasteiger partial charge in [0.1, 0.15) is 5.60 Å². The molecule has 21 heavy (non-hydrogen) atoms. The Bertz CT molecular complexity index is 314. The van der Waals surface area contributed by atoms with Gasteiger partial charge in [-0.1, -0.05) is 58.4 Å². The van der Waals surface area contributed by atoms with Crippen molar-refractivity contribution >= 4 is 5.97 Å². The lowest BCUT2D eigenvalue weighted by molar-refractivity contribution is -0.159. The van der Waals surface area contributed by atoms with E-state index < -0.39 is 0 Å². The van der Waals surface area contributed by atoms with Crippen molar-refractivity contribution in [1.29, 1.82) is 0 Å². The number of esters is 1. The first kappa shape index (κ1) is 18.3. The second-order valence-corrected chi connectivity index (χ2v) is 6.78. The molecule has 1 rings (SSSR count). The Balaban J connectivity index is 2.32. The number of carbonyl (C=O) groups is 1. The Morgan fingerprint density at radius 3 is 2.14 bits per heavy atom. The molecule has 1 aliphatic rings. The first-order valence-electron chi connectivity index (χ1n) is 8.98. The van der Waals surface area contributed by atoms with Crippen molar-refractivity contribution in [1.82, 2.24) is 0 Å². The number of ether oxygens (including phenoxy) is 1. The predicted octanol–water partition coefficient (Wildman–Crippen LogP) is 5.95. The molecule has 1 saturated carbocycles. The van der Waals surface area contributed by atoms with Gasteiger partial charge in [-0.25, -0.2) is 4.79 Å². The molecule has 1 fully saturated rings. The van der Waals surface area contributed by atoms with Gasteiger partial charge in [0.05, 0.1) is 0 Å². The van der Waals surface area contributed by atoms with Gasteiger partial charge in [0, 0.05) is 5.57 Å². The standard InChI is InChI=1S/C19H34O2/c1-4-5-6-7-8-9-11-14-19(15-12-10-13-16-19)21-18(20)17(2)3/h2,4-16H2,1,3H3. The van der Waals surface area contributed by atoms with Crippen LogP contribution in [0.2, 0.25) is 0 Å². The maximum Gasteiger partial charge on any atom is 0.333 e. The number of hydrogen-bond acceptors (Lipinski definition) is 2. The molecule has 1 aliphatic carbocycles. The minimum Gasteiger partial charge on any atom is -0.456 e. The van der Waals surface area contributed by atoms with Crippen LogP contribution < -0.4 is 0 Å². The molecule has 0 bridgehead atoms. The number of hydrogen-bond donors (Lipinski definition) is 0. The minimum absolute atomic E-state index is 0.183. The fourth-order valence-corrected chi connectivity index (χ4v) is 3.29. The van der Waals surface area contributed by atoms with Crippen molar-refractivity contribution < 1.29 is 9.53 Å². The van der Waals surface area contributed by atoms with Gasteiger partial charge in [0.15, 0.2) is 0 Å². The van der Waals surface area contributed by atoms with Gasteiger partial charge >= 0.3 is 5.97 Å². The van der Waals surface area contributed by atoms with E-state index in [0.717, 1.165) is 19.3 Å². The van der Waals surface area contributed by atoms with Gasteiger partial charge in [-0.3, -0.25) is 0 Å². The van der Waals surface area contributed by atoms with Gasteiger partial charge in [-0.15, -0.1) is 0 Å². The summed E-state index contributed by atoms with van der Waals surface area (Å²) in [5, 5.41) is 0. The molecule has 2 nitrogen and oxygen atoms in total. The van der Waals surface area contributed by atoms with Crippen LogP contribution in [-0.2, 0) is 9.53 Å². The SMILES string of the molecule is C=C(C)C(=O)OC1(CCCCCCCCC)CCCCC1. The molecule has 0 saturated heterocycles. The van der Waals surface area contributed by atoms with Gasteiger partial charge < -0.3 is 4.74 Å². The molecule has 0 N–H and O–H groups in total. The number of unbranched alkanes of at least 4 members (excludes halogenated alkanes) is 6. The average Bonchev–Trinajstić information content (AvgIpc) is 2.47. The Kier molecular flexibility index (Phi) is 8.72. The molecule has 2 heteroatoms. The predicted molar refractivity (Wildman–Crippen MR) is 89.3 cm³/mol. The lowest BCUT2D eigenvalue weighted by atomic mass is 9.80. The summed E-state index contributed by atoms with van der Waals surface area (Å²) < 4.78 is 5.85. The molecule has 0 radical (unpaired) electrons. The summed E-state index contributed by atoms with van der Waals surface area (Å²) in [6.45, 7) is 7.71. The molecule has 0 heterocycles. The van der Waals surface area contributed by atoms with Crippen LogP contribution in [0, 0.1) is 0 Å². The molecule has 0 unspecified atom stereocenters. The third kappa shape index (κ3) is 7.15. The van der Waals surface area contributed by atoms with Crippen molar-refractivity contribution in [3.05, 3.63) is 12.2 Å². The van der Waals surface area contributed by atoms with E-state index in [1.807, 2.05) is 0 Å². The van der Waals surface area contributed by atoms with E-state index in [4.69, 9.17) is 4.74 Å². The third-order valence-corrected chi connectivity index (χ3v) is 4.66. The van der Waals surface area contributed by atoms with Crippen molar-refractivity contribution in [3.63, 3.8) is 0 Å². The zero-order valence-electron chi connectivity index (χ0n) is 14.2. The second-order valence-electron chi connectivity index (χ2n) is 6.78. The molecule has 0 aromatic rings. The highest BCUT2D eigenvalue weighted by Gasteiger charge is 2.35. The van der Waals surface area contributed by atoms with Gasteiger partial charge in [-0.05, 0) is 45.4 Å². The first-order valence-corrected chi connectivity index (χ1v) is 8.98. The van der Waals surface area contributed by atoms with Gasteiger partial charge in [0.25, 0.3) is 0 Å². The van der Waals surface area contributed by atoms with Crippen molar-refractivity contribution in [3.8, 4) is 0 Å². The van der Waals surface area contributed by atoms with Crippen molar-refractivity contribution in [2.45, 2.75) is 103 Å². The summed E-state index contributed by atoms with van der Waals surface area (Å²) >= 11 is 0. The largest absolute Gasteiger partial charge is 0.456 e. The van der Waals surface area contributed by atoms with Crippen LogP contribution >= 0.6 is 0 Å². The van der Waals surface area contributed by atoms with Crippen LogP contribution in [-0.4, -0.2) is 11.6 Å². The molecule has 122 valence electrons. The molecule has 0 spiro atoms. The van der Waals surface area contributed by atoms with Crippen molar-refractivity contribution in [2.75, 3.05) is 0 Å². The normalized spacial score (nSPS) is 17.4. The highest BCUT2D eigenvalue weighted by Crippen LogP contribution is 2.36. The fourth-order valence-electron chi connectivity index (χ4n) is 3.29. The molecular weight excluding hydrogens is 260 g/mol. The molecule has 0 atom stereocenters. The second kappa shape index (κ2) is 10.0. The number of rotatable bonds is 10. The first-order chi connectivity index (χ1) is 10.1. The van der Waals surface area contributed by atoms with Crippen LogP contribution in [0.3, 0.4) is 0 Å². The highest BCUT2D eigenvalue weighted by atomic mass is 16.6. The molecule has 0 aliphatic heterocycles.